The molecule has 1 saturated carbocycles. The fraction of sp³-hybridized carbons (Fsp3) is 0.667. The first-order chi connectivity index (χ1) is 8.24. The highest BCUT2D eigenvalue weighted by Crippen LogP contribution is 2.34. The van der Waals surface area contributed by atoms with E-state index >= 15 is 0 Å². The van der Waals surface area contributed by atoms with Crippen LogP contribution >= 0.6 is 11.3 Å². The Balaban J connectivity index is 1.56. The largest absolute Gasteiger partial charge is 0.394 e. The van der Waals surface area contributed by atoms with Gasteiger partial charge < -0.3 is 20.3 Å². The van der Waals surface area contributed by atoms with Crippen LogP contribution in [0.1, 0.15) is 17.7 Å². The number of hydrogen-bond donors (Lipinski definition) is 3. The highest BCUT2D eigenvalue weighted by atomic mass is 32.1. The number of aliphatic hydroxyl groups excluding tert-OH is 2. The molecule has 17 heavy (non-hydrogen) atoms. The van der Waals surface area contributed by atoms with Gasteiger partial charge >= 0.3 is 0 Å². The lowest BCUT2D eigenvalue weighted by Crippen LogP contribution is -2.41. The van der Waals surface area contributed by atoms with E-state index in [1.54, 1.807) is 11.3 Å². The van der Waals surface area contributed by atoms with Crippen LogP contribution in [0.4, 0.5) is 0 Å². The average molecular weight is 257 g/mol. The molecule has 1 fully saturated rings. The number of nitrogens with one attached hydrogen (secondary N) is 1. The van der Waals surface area contributed by atoms with Crippen molar-refractivity contribution in [1.29, 1.82) is 0 Å². The topological polar surface area (TPSA) is 61.7 Å². The zero-order chi connectivity index (χ0) is 12.1. The maximum absolute atomic E-state index is 9.70. The van der Waals surface area contributed by atoms with Gasteiger partial charge in [-0.15, -0.1) is 11.3 Å². The molecule has 1 atom stereocenters. The van der Waals surface area contributed by atoms with Gasteiger partial charge in [0.15, 0.2) is 0 Å². The monoisotopic (exact) mass is 257 g/mol. The van der Waals surface area contributed by atoms with E-state index in [9.17, 15) is 5.11 Å². The van der Waals surface area contributed by atoms with Crippen molar-refractivity contribution in [3.8, 4) is 0 Å². The van der Waals surface area contributed by atoms with E-state index in [1.165, 1.54) is 4.88 Å². The second-order valence-electron chi connectivity index (χ2n) is 4.57. The third kappa shape index (κ3) is 4.04. The van der Waals surface area contributed by atoms with Crippen molar-refractivity contribution in [2.75, 3.05) is 19.8 Å². The van der Waals surface area contributed by atoms with Gasteiger partial charge in [-0.1, -0.05) is 6.07 Å². The summed E-state index contributed by atoms with van der Waals surface area (Å²) in [7, 11) is 0. The molecule has 1 aromatic rings. The number of aliphatic hydroxyl groups is 2. The Hall–Kier alpha value is -0.460. The number of rotatable bonds is 8. The molecule has 0 bridgehead atoms. The molecule has 96 valence electrons. The predicted molar refractivity (Wildman–Crippen MR) is 67.0 cm³/mol. The van der Waals surface area contributed by atoms with Gasteiger partial charge in [-0.25, -0.2) is 0 Å². The van der Waals surface area contributed by atoms with E-state index in [2.05, 4.69) is 5.32 Å². The zero-order valence-corrected chi connectivity index (χ0v) is 10.6. The van der Waals surface area contributed by atoms with Crippen LogP contribution in [0, 0.1) is 0 Å². The Labute approximate surface area is 105 Å². The molecular weight excluding hydrogens is 238 g/mol. The predicted octanol–water partition coefficient (Wildman–Crippen LogP) is 0.740. The highest BCUT2D eigenvalue weighted by Gasteiger charge is 2.41. The highest BCUT2D eigenvalue weighted by molar-refractivity contribution is 7.09. The zero-order valence-electron chi connectivity index (χ0n) is 9.76. The quantitative estimate of drug-likeness (QED) is 0.643. The molecule has 3 N–H and O–H groups in total. The number of hydrogen-bond acceptors (Lipinski definition) is 5. The molecule has 1 aromatic heterocycles. The summed E-state index contributed by atoms with van der Waals surface area (Å²) in [6.07, 6.45) is 1.47. The van der Waals surface area contributed by atoms with E-state index in [-0.39, 0.29) is 12.1 Å². The first kappa shape index (κ1) is 13.0. The Bertz CT molecular complexity index is 325. The summed E-state index contributed by atoms with van der Waals surface area (Å²) in [5.74, 6) is 0. The summed E-state index contributed by atoms with van der Waals surface area (Å²) < 4.78 is 5.42. The lowest BCUT2D eigenvalue weighted by Gasteiger charge is -2.17. The van der Waals surface area contributed by atoms with Crippen LogP contribution in [0.2, 0.25) is 0 Å². The molecule has 1 aliphatic rings. The second kappa shape index (κ2) is 5.93. The van der Waals surface area contributed by atoms with Crippen LogP contribution in [0.15, 0.2) is 17.5 Å². The van der Waals surface area contributed by atoms with Gasteiger partial charge in [0.2, 0.25) is 0 Å². The molecule has 1 aliphatic carbocycles. The van der Waals surface area contributed by atoms with Crippen LogP contribution in [-0.4, -0.2) is 41.6 Å². The van der Waals surface area contributed by atoms with E-state index < -0.39 is 6.10 Å². The Morgan fingerprint density at radius 2 is 2.35 bits per heavy atom. The molecule has 0 saturated heterocycles. The minimum absolute atomic E-state index is 0.116. The lowest BCUT2D eigenvalue weighted by molar-refractivity contribution is 0.0268. The number of thiophene rings is 1. The number of ether oxygens (including phenoxy) is 1. The molecule has 1 unspecified atom stereocenters. The SMILES string of the molecule is OCC1(NCC(O)COCc2cccs2)CC1. The molecule has 0 spiro atoms. The summed E-state index contributed by atoms with van der Waals surface area (Å²) in [5, 5.41) is 24.0. The van der Waals surface area contributed by atoms with Gasteiger partial charge in [-0.05, 0) is 24.3 Å². The standard InChI is InChI=1S/C12H19NO3S/c14-9-12(3-4-12)13-6-10(15)7-16-8-11-2-1-5-17-11/h1-2,5,10,13-15H,3-4,6-9H2. The van der Waals surface area contributed by atoms with Crippen molar-refractivity contribution in [2.24, 2.45) is 0 Å². The van der Waals surface area contributed by atoms with E-state index in [4.69, 9.17) is 9.84 Å². The van der Waals surface area contributed by atoms with Crippen LogP contribution < -0.4 is 5.32 Å². The third-order valence-corrected chi connectivity index (χ3v) is 3.85. The minimum atomic E-state index is -0.515. The van der Waals surface area contributed by atoms with Crippen molar-refractivity contribution in [2.45, 2.75) is 31.1 Å². The summed E-state index contributed by atoms with van der Waals surface area (Å²) in [4.78, 5) is 1.17. The normalized spacial score (nSPS) is 19.2. The Kier molecular flexibility index (Phi) is 4.53. The maximum Gasteiger partial charge on any atom is 0.0898 e. The maximum atomic E-state index is 9.70. The molecular formula is C12H19NO3S. The van der Waals surface area contributed by atoms with E-state index in [1.807, 2.05) is 17.5 Å². The molecule has 0 radical (unpaired) electrons. The second-order valence-corrected chi connectivity index (χ2v) is 5.60. The fourth-order valence-corrected chi connectivity index (χ4v) is 2.27. The van der Waals surface area contributed by atoms with E-state index in [0.717, 1.165) is 12.8 Å². The van der Waals surface area contributed by atoms with Gasteiger partial charge in [0.1, 0.15) is 0 Å². The molecule has 4 nitrogen and oxygen atoms in total. The third-order valence-electron chi connectivity index (χ3n) is 3.00. The molecule has 0 amide bonds. The molecule has 5 heteroatoms. The van der Waals surface area contributed by atoms with Gasteiger partial charge in [0.25, 0.3) is 0 Å². The van der Waals surface area contributed by atoms with Crippen LogP contribution in [0.5, 0.6) is 0 Å². The minimum Gasteiger partial charge on any atom is -0.394 e. The van der Waals surface area contributed by atoms with Gasteiger partial charge in [0, 0.05) is 17.0 Å². The van der Waals surface area contributed by atoms with Crippen molar-refractivity contribution in [3.05, 3.63) is 22.4 Å². The van der Waals surface area contributed by atoms with Crippen molar-refractivity contribution >= 4 is 11.3 Å². The van der Waals surface area contributed by atoms with E-state index in [0.29, 0.717) is 19.8 Å². The molecule has 2 rings (SSSR count). The van der Waals surface area contributed by atoms with Crippen LogP contribution in [0.25, 0.3) is 0 Å². The average Bonchev–Trinajstić information content (AvgIpc) is 2.95. The van der Waals surface area contributed by atoms with Crippen molar-refractivity contribution < 1.29 is 14.9 Å². The summed E-state index contributed by atoms with van der Waals surface area (Å²) in [6, 6.07) is 4.00. The van der Waals surface area contributed by atoms with Gasteiger partial charge in [-0.3, -0.25) is 0 Å². The van der Waals surface area contributed by atoms with Crippen LogP contribution in [-0.2, 0) is 11.3 Å². The summed E-state index contributed by atoms with van der Waals surface area (Å²) in [6.45, 7) is 1.51. The summed E-state index contributed by atoms with van der Waals surface area (Å²) >= 11 is 1.65. The Morgan fingerprint density at radius 3 is 2.94 bits per heavy atom. The smallest absolute Gasteiger partial charge is 0.0898 e. The number of β-amino-alcohol motifs (C(OH)–C–C–N with tert-alkyl or cyclic N) is 1. The molecule has 1 heterocycles. The fourth-order valence-electron chi connectivity index (χ4n) is 1.63. The first-order valence-corrected chi connectivity index (χ1v) is 6.76. The first-order valence-electron chi connectivity index (χ1n) is 5.88. The van der Waals surface area contributed by atoms with Crippen molar-refractivity contribution in [3.63, 3.8) is 0 Å². The van der Waals surface area contributed by atoms with Gasteiger partial charge in [0.05, 0.1) is 25.9 Å². The Morgan fingerprint density at radius 1 is 1.53 bits per heavy atom. The molecule has 0 aliphatic heterocycles. The van der Waals surface area contributed by atoms with Crippen molar-refractivity contribution in [1.82, 2.24) is 5.32 Å². The lowest BCUT2D eigenvalue weighted by atomic mass is 10.2. The van der Waals surface area contributed by atoms with Crippen LogP contribution in [0.3, 0.4) is 0 Å². The summed E-state index contributed by atoms with van der Waals surface area (Å²) in [5.41, 5.74) is -0.116. The van der Waals surface area contributed by atoms with Gasteiger partial charge in [-0.2, -0.15) is 0 Å². The molecule has 0 aromatic carbocycles.